The minimum absolute atomic E-state index is 0.618. The molecule has 2 N–H and O–H groups in total. The lowest BCUT2D eigenvalue weighted by Gasteiger charge is -2.26. The number of rotatable bonds is 7. The van der Waals surface area contributed by atoms with E-state index in [1.54, 1.807) is 0 Å². The van der Waals surface area contributed by atoms with Crippen LogP contribution >= 0.6 is 0 Å². The smallest absolute Gasteiger partial charge is 0.191 e. The van der Waals surface area contributed by atoms with Gasteiger partial charge in [-0.1, -0.05) is 24.3 Å². The van der Waals surface area contributed by atoms with Crippen LogP contribution in [0.2, 0.25) is 0 Å². The van der Waals surface area contributed by atoms with Gasteiger partial charge < -0.3 is 15.4 Å². The molecule has 1 aliphatic rings. The van der Waals surface area contributed by atoms with E-state index in [0.717, 1.165) is 74.8 Å². The van der Waals surface area contributed by atoms with Gasteiger partial charge in [-0.05, 0) is 31.5 Å². The summed E-state index contributed by atoms with van der Waals surface area (Å²) in [5, 5.41) is 7.92. The Morgan fingerprint density at radius 1 is 1.19 bits per heavy atom. The Hall–Kier alpha value is -2.18. The summed E-state index contributed by atoms with van der Waals surface area (Å²) in [6, 6.07) is 10.3. The molecule has 0 radical (unpaired) electrons. The van der Waals surface area contributed by atoms with Crippen LogP contribution in [0.4, 0.5) is 0 Å². The summed E-state index contributed by atoms with van der Waals surface area (Å²) in [6.07, 6.45) is 2.94. The first-order chi connectivity index (χ1) is 12.9. The normalized spacial score (nSPS) is 16.0. The third-order valence-corrected chi connectivity index (χ3v) is 4.52. The number of ether oxygens (including phenoxy) is 1. The molecule has 1 saturated heterocycles. The molecule has 1 fully saturated rings. The molecule has 0 spiro atoms. The first-order valence-electron chi connectivity index (χ1n) is 9.51. The summed E-state index contributed by atoms with van der Waals surface area (Å²) in [4.78, 5) is 11.7. The third kappa shape index (κ3) is 5.41. The lowest BCUT2D eigenvalue weighted by molar-refractivity contribution is 0.0376. The van der Waals surface area contributed by atoms with Crippen molar-refractivity contribution in [2.24, 2.45) is 4.99 Å². The Morgan fingerprint density at radius 3 is 2.88 bits per heavy atom. The van der Waals surface area contributed by atoms with Gasteiger partial charge in [0.05, 0.1) is 25.3 Å². The summed E-state index contributed by atoms with van der Waals surface area (Å²) >= 11 is 0. The van der Waals surface area contributed by atoms with E-state index in [1.807, 2.05) is 12.3 Å². The van der Waals surface area contributed by atoms with Crippen molar-refractivity contribution in [3.8, 4) is 0 Å². The van der Waals surface area contributed by atoms with Crippen molar-refractivity contribution in [2.45, 2.75) is 19.9 Å². The maximum absolute atomic E-state index is 5.39. The van der Waals surface area contributed by atoms with Crippen molar-refractivity contribution in [3.63, 3.8) is 0 Å². The van der Waals surface area contributed by atoms with Crippen molar-refractivity contribution in [2.75, 3.05) is 45.9 Å². The highest BCUT2D eigenvalue weighted by Gasteiger charge is 2.09. The summed E-state index contributed by atoms with van der Waals surface area (Å²) in [7, 11) is 0. The van der Waals surface area contributed by atoms with Crippen LogP contribution in [0.5, 0.6) is 0 Å². The summed E-state index contributed by atoms with van der Waals surface area (Å²) in [5.41, 5.74) is 2.18. The molecule has 1 aliphatic heterocycles. The molecular formula is C20H29N5O. The number of hydrogen-bond donors (Lipinski definition) is 2. The number of nitrogens with one attached hydrogen (secondary N) is 2. The molecule has 6 heteroatoms. The van der Waals surface area contributed by atoms with Crippen LogP contribution in [0, 0.1) is 0 Å². The fraction of sp³-hybridized carbons (Fsp3) is 0.500. The maximum Gasteiger partial charge on any atom is 0.191 e. The summed E-state index contributed by atoms with van der Waals surface area (Å²) < 4.78 is 5.39. The summed E-state index contributed by atoms with van der Waals surface area (Å²) in [6.45, 7) is 9.37. The van der Waals surface area contributed by atoms with Gasteiger partial charge in [0.2, 0.25) is 0 Å². The average molecular weight is 355 g/mol. The molecule has 0 atom stereocenters. The Balaban J connectivity index is 1.53. The molecule has 0 amide bonds. The van der Waals surface area contributed by atoms with Crippen LogP contribution in [0.25, 0.3) is 10.9 Å². The highest BCUT2D eigenvalue weighted by Crippen LogP contribution is 2.16. The molecule has 0 bridgehead atoms. The summed E-state index contributed by atoms with van der Waals surface area (Å²) in [5.74, 6) is 0.863. The van der Waals surface area contributed by atoms with Crippen LogP contribution in [0.1, 0.15) is 18.9 Å². The van der Waals surface area contributed by atoms with Crippen molar-refractivity contribution >= 4 is 16.9 Å². The van der Waals surface area contributed by atoms with E-state index in [9.17, 15) is 0 Å². The predicted molar refractivity (Wildman–Crippen MR) is 106 cm³/mol. The van der Waals surface area contributed by atoms with Gasteiger partial charge in [0.15, 0.2) is 5.96 Å². The molecule has 6 nitrogen and oxygen atoms in total. The molecule has 1 aromatic heterocycles. The minimum atomic E-state index is 0.618. The number of aliphatic imine (C=N–C) groups is 1. The molecule has 3 rings (SSSR count). The Labute approximate surface area is 155 Å². The lowest BCUT2D eigenvalue weighted by Crippen LogP contribution is -2.40. The van der Waals surface area contributed by atoms with Gasteiger partial charge in [-0.3, -0.25) is 9.88 Å². The molecule has 0 unspecified atom stereocenters. The zero-order valence-corrected chi connectivity index (χ0v) is 15.6. The fourth-order valence-electron chi connectivity index (χ4n) is 3.14. The number of aromatic nitrogens is 1. The van der Waals surface area contributed by atoms with Gasteiger partial charge in [-0.15, -0.1) is 0 Å². The molecule has 0 aliphatic carbocycles. The number of hydrogen-bond acceptors (Lipinski definition) is 4. The van der Waals surface area contributed by atoms with E-state index in [4.69, 9.17) is 9.73 Å². The van der Waals surface area contributed by atoms with Crippen LogP contribution in [-0.2, 0) is 11.3 Å². The van der Waals surface area contributed by atoms with Crippen LogP contribution in [0.15, 0.2) is 41.5 Å². The highest BCUT2D eigenvalue weighted by molar-refractivity contribution is 5.83. The lowest BCUT2D eigenvalue weighted by atomic mass is 10.1. The second kappa shape index (κ2) is 10.1. The third-order valence-electron chi connectivity index (χ3n) is 4.52. The number of nitrogens with zero attached hydrogens (tertiary/aromatic N) is 3. The van der Waals surface area contributed by atoms with Gasteiger partial charge in [0.1, 0.15) is 0 Å². The number of fused-ring (bicyclic) bond motifs is 1. The first-order valence-corrected chi connectivity index (χ1v) is 9.51. The standard InChI is InChI=1S/C20H29N5O/c1-2-21-20(23-10-5-11-25-12-14-26-15-13-25)24-16-18-7-3-6-17-8-4-9-22-19(17)18/h3-4,6-9H,2,5,10-16H2,1H3,(H2,21,23,24). The molecule has 26 heavy (non-hydrogen) atoms. The Bertz CT molecular complexity index is 707. The predicted octanol–water partition coefficient (Wildman–Crippen LogP) is 2.01. The van der Waals surface area contributed by atoms with Crippen molar-refractivity contribution < 1.29 is 4.74 Å². The van der Waals surface area contributed by atoms with Gasteiger partial charge in [-0.25, -0.2) is 4.99 Å². The zero-order chi connectivity index (χ0) is 18.0. The monoisotopic (exact) mass is 355 g/mol. The van der Waals surface area contributed by atoms with E-state index in [-0.39, 0.29) is 0 Å². The van der Waals surface area contributed by atoms with E-state index in [0.29, 0.717) is 6.54 Å². The molecule has 1 aromatic carbocycles. The van der Waals surface area contributed by atoms with Gasteiger partial charge in [0.25, 0.3) is 0 Å². The quantitative estimate of drug-likeness (QED) is 0.452. The number of benzene rings is 1. The van der Waals surface area contributed by atoms with E-state index in [2.05, 4.69) is 51.7 Å². The first kappa shape index (κ1) is 18.6. The Morgan fingerprint density at radius 2 is 2.04 bits per heavy atom. The average Bonchev–Trinajstić information content (AvgIpc) is 2.70. The van der Waals surface area contributed by atoms with Crippen LogP contribution in [0.3, 0.4) is 0 Å². The molecule has 140 valence electrons. The van der Waals surface area contributed by atoms with E-state index < -0.39 is 0 Å². The molecule has 2 heterocycles. The molecule has 2 aromatic rings. The second-order valence-electron chi connectivity index (χ2n) is 6.42. The SMILES string of the molecule is CCNC(=NCc1cccc2cccnc12)NCCCN1CCOCC1. The van der Waals surface area contributed by atoms with Gasteiger partial charge in [0, 0.05) is 37.8 Å². The fourth-order valence-corrected chi connectivity index (χ4v) is 3.14. The Kier molecular flexibility index (Phi) is 7.22. The largest absolute Gasteiger partial charge is 0.379 e. The number of guanidine groups is 1. The number of pyridine rings is 1. The topological polar surface area (TPSA) is 61.8 Å². The van der Waals surface area contributed by atoms with E-state index in [1.165, 1.54) is 0 Å². The van der Waals surface area contributed by atoms with Crippen LogP contribution in [-0.4, -0.2) is 61.8 Å². The number of para-hydroxylation sites is 1. The van der Waals surface area contributed by atoms with Crippen molar-refractivity contribution in [1.82, 2.24) is 20.5 Å². The zero-order valence-electron chi connectivity index (χ0n) is 15.6. The van der Waals surface area contributed by atoms with Gasteiger partial charge >= 0.3 is 0 Å². The molecular weight excluding hydrogens is 326 g/mol. The second-order valence-corrected chi connectivity index (χ2v) is 6.42. The van der Waals surface area contributed by atoms with Crippen molar-refractivity contribution in [3.05, 3.63) is 42.1 Å². The maximum atomic E-state index is 5.39. The highest BCUT2D eigenvalue weighted by atomic mass is 16.5. The van der Waals surface area contributed by atoms with Gasteiger partial charge in [-0.2, -0.15) is 0 Å². The minimum Gasteiger partial charge on any atom is -0.379 e. The van der Waals surface area contributed by atoms with E-state index >= 15 is 0 Å². The number of morpholine rings is 1. The van der Waals surface area contributed by atoms with Crippen LogP contribution < -0.4 is 10.6 Å². The van der Waals surface area contributed by atoms with Crippen molar-refractivity contribution in [1.29, 1.82) is 0 Å². The molecule has 0 saturated carbocycles.